The number of hydrogen-bond donors (Lipinski definition) is 1. The molecule has 14 heavy (non-hydrogen) atoms. The summed E-state index contributed by atoms with van der Waals surface area (Å²) < 4.78 is 0.906. The first-order chi connectivity index (χ1) is 6.81. The molecule has 1 aromatic heterocycles. The van der Waals surface area contributed by atoms with Crippen LogP contribution >= 0.6 is 22.9 Å². The smallest absolute Gasteiger partial charge is 0.0934 e. The van der Waals surface area contributed by atoms with Crippen molar-refractivity contribution >= 4 is 22.9 Å². The maximum Gasteiger partial charge on any atom is 0.0934 e. The van der Waals surface area contributed by atoms with Gasteiger partial charge in [-0.1, -0.05) is 17.5 Å². The summed E-state index contributed by atoms with van der Waals surface area (Å²) in [6.07, 6.45) is 2.34. The Balaban J connectivity index is 2.04. The van der Waals surface area contributed by atoms with Crippen LogP contribution in [0.15, 0.2) is 6.07 Å². The van der Waals surface area contributed by atoms with Gasteiger partial charge in [0, 0.05) is 10.9 Å². The van der Waals surface area contributed by atoms with Crippen molar-refractivity contribution in [1.29, 1.82) is 0 Å². The van der Waals surface area contributed by atoms with Gasteiger partial charge in [0.2, 0.25) is 0 Å². The molecule has 1 aliphatic rings. The summed E-state index contributed by atoms with van der Waals surface area (Å²) in [7, 11) is 0. The maximum absolute atomic E-state index is 5.97. The molecule has 1 heterocycles. The monoisotopic (exact) mass is 225 g/mol. The molecule has 0 radical (unpaired) electrons. The standard InChI is InChI=1S/C11H12ClNS/c1-2-3-6-13-9-4-5-10-8(9)7-11(12)14-10/h7,9,13H,4-6H2,1H3. The van der Waals surface area contributed by atoms with Crippen LogP contribution in [0, 0.1) is 11.8 Å². The zero-order valence-corrected chi connectivity index (χ0v) is 9.63. The van der Waals surface area contributed by atoms with Crippen molar-refractivity contribution in [3.63, 3.8) is 0 Å². The second kappa shape index (κ2) is 4.35. The zero-order valence-electron chi connectivity index (χ0n) is 8.06. The number of nitrogens with one attached hydrogen (secondary N) is 1. The van der Waals surface area contributed by atoms with Crippen molar-refractivity contribution in [1.82, 2.24) is 5.32 Å². The molecule has 0 saturated carbocycles. The van der Waals surface area contributed by atoms with Gasteiger partial charge in [-0.05, 0) is 31.4 Å². The summed E-state index contributed by atoms with van der Waals surface area (Å²) in [4.78, 5) is 1.44. The van der Waals surface area contributed by atoms with Gasteiger partial charge in [-0.15, -0.1) is 17.3 Å². The predicted octanol–water partition coefficient (Wildman–Crippen LogP) is 3.00. The lowest BCUT2D eigenvalue weighted by atomic mass is 10.2. The van der Waals surface area contributed by atoms with Gasteiger partial charge in [0.05, 0.1) is 10.9 Å². The van der Waals surface area contributed by atoms with Crippen molar-refractivity contribution in [3.05, 3.63) is 20.8 Å². The highest BCUT2D eigenvalue weighted by Gasteiger charge is 2.23. The van der Waals surface area contributed by atoms with Crippen molar-refractivity contribution < 1.29 is 0 Å². The fraction of sp³-hybridized carbons (Fsp3) is 0.455. The van der Waals surface area contributed by atoms with E-state index in [1.807, 2.05) is 6.92 Å². The summed E-state index contributed by atoms with van der Waals surface area (Å²) in [5.74, 6) is 5.91. The number of fused-ring (bicyclic) bond motifs is 1. The Morgan fingerprint density at radius 1 is 1.71 bits per heavy atom. The molecule has 1 aromatic rings. The summed E-state index contributed by atoms with van der Waals surface area (Å²) in [5, 5.41) is 3.43. The molecule has 1 aliphatic carbocycles. The van der Waals surface area contributed by atoms with Crippen LogP contribution in [0.2, 0.25) is 4.34 Å². The summed E-state index contributed by atoms with van der Waals surface area (Å²) >= 11 is 7.68. The highest BCUT2D eigenvalue weighted by Crippen LogP contribution is 2.39. The molecule has 0 saturated heterocycles. The van der Waals surface area contributed by atoms with E-state index >= 15 is 0 Å². The highest BCUT2D eigenvalue weighted by atomic mass is 35.5. The molecule has 74 valence electrons. The van der Waals surface area contributed by atoms with E-state index in [-0.39, 0.29) is 0 Å². The molecule has 2 rings (SSSR count). The molecule has 0 spiro atoms. The van der Waals surface area contributed by atoms with Gasteiger partial charge in [0.25, 0.3) is 0 Å². The Morgan fingerprint density at radius 3 is 3.36 bits per heavy atom. The Morgan fingerprint density at radius 2 is 2.57 bits per heavy atom. The van der Waals surface area contributed by atoms with Gasteiger partial charge in [-0.2, -0.15) is 0 Å². The van der Waals surface area contributed by atoms with Crippen LogP contribution in [0.4, 0.5) is 0 Å². The summed E-state index contributed by atoms with van der Waals surface area (Å²) in [6.45, 7) is 2.64. The Bertz CT molecular complexity index is 386. The van der Waals surface area contributed by atoms with Crippen LogP contribution in [-0.4, -0.2) is 6.54 Å². The van der Waals surface area contributed by atoms with Crippen LogP contribution in [0.5, 0.6) is 0 Å². The molecule has 1 N–H and O–H groups in total. The average molecular weight is 226 g/mol. The van der Waals surface area contributed by atoms with E-state index in [0.29, 0.717) is 6.04 Å². The Kier molecular flexibility index (Phi) is 3.12. The van der Waals surface area contributed by atoms with Crippen LogP contribution in [0.3, 0.4) is 0 Å². The molecule has 0 amide bonds. The SMILES string of the molecule is CC#CCNC1CCc2sc(Cl)cc21. The van der Waals surface area contributed by atoms with E-state index in [1.165, 1.54) is 16.9 Å². The van der Waals surface area contributed by atoms with Crippen molar-refractivity contribution in [2.75, 3.05) is 6.54 Å². The van der Waals surface area contributed by atoms with Crippen LogP contribution < -0.4 is 5.32 Å². The van der Waals surface area contributed by atoms with Gasteiger partial charge < -0.3 is 0 Å². The summed E-state index contributed by atoms with van der Waals surface area (Å²) in [6, 6.07) is 2.56. The third-order valence-electron chi connectivity index (χ3n) is 2.46. The Labute approximate surface area is 93.5 Å². The topological polar surface area (TPSA) is 12.0 Å². The van der Waals surface area contributed by atoms with E-state index in [9.17, 15) is 0 Å². The molecule has 3 heteroatoms. The number of halogens is 1. The van der Waals surface area contributed by atoms with Gasteiger partial charge in [-0.25, -0.2) is 0 Å². The average Bonchev–Trinajstić information content (AvgIpc) is 2.66. The Hall–Kier alpha value is -0.490. The van der Waals surface area contributed by atoms with E-state index in [0.717, 1.165) is 17.3 Å². The quantitative estimate of drug-likeness (QED) is 0.764. The lowest BCUT2D eigenvalue weighted by molar-refractivity contribution is 0.568. The molecular formula is C11H12ClNS. The molecule has 0 fully saturated rings. The second-order valence-electron chi connectivity index (χ2n) is 3.33. The molecule has 1 unspecified atom stereocenters. The first-order valence-corrected chi connectivity index (χ1v) is 5.92. The van der Waals surface area contributed by atoms with Crippen molar-refractivity contribution in [2.45, 2.75) is 25.8 Å². The van der Waals surface area contributed by atoms with Crippen molar-refractivity contribution in [2.24, 2.45) is 0 Å². The minimum Gasteiger partial charge on any atom is -0.299 e. The summed E-state index contributed by atoms with van der Waals surface area (Å²) in [5.41, 5.74) is 1.39. The fourth-order valence-electron chi connectivity index (χ4n) is 1.80. The molecular weight excluding hydrogens is 214 g/mol. The third kappa shape index (κ3) is 1.95. The van der Waals surface area contributed by atoms with E-state index in [2.05, 4.69) is 23.2 Å². The fourth-order valence-corrected chi connectivity index (χ4v) is 3.16. The van der Waals surface area contributed by atoms with E-state index in [4.69, 9.17) is 11.6 Å². The second-order valence-corrected chi connectivity index (χ2v) is 5.10. The van der Waals surface area contributed by atoms with Gasteiger partial charge >= 0.3 is 0 Å². The zero-order chi connectivity index (χ0) is 9.97. The number of aryl methyl sites for hydroxylation is 1. The lowest BCUT2D eigenvalue weighted by Gasteiger charge is -2.09. The van der Waals surface area contributed by atoms with Gasteiger partial charge in [-0.3, -0.25) is 5.32 Å². The number of hydrogen-bond acceptors (Lipinski definition) is 2. The van der Waals surface area contributed by atoms with Crippen LogP contribution in [0.25, 0.3) is 0 Å². The van der Waals surface area contributed by atoms with Crippen LogP contribution in [0.1, 0.15) is 29.8 Å². The maximum atomic E-state index is 5.97. The third-order valence-corrected chi connectivity index (χ3v) is 3.80. The number of rotatable bonds is 2. The first-order valence-electron chi connectivity index (χ1n) is 4.72. The van der Waals surface area contributed by atoms with Crippen molar-refractivity contribution in [3.8, 4) is 11.8 Å². The highest BCUT2D eigenvalue weighted by molar-refractivity contribution is 7.16. The largest absolute Gasteiger partial charge is 0.299 e. The number of thiophene rings is 1. The molecule has 0 aliphatic heterocycles. The van der Waals surface area contributed by atoms with Gasteiger partial charge in [0.15, 0.2) is 0 Å². The minimum absolute atomic E-state index is 0.467. The minimum atomic E-state index is 0.467. The predicted molar refractivity (Wildman–Crippen MR) is 61.8 cm³/mol. The van der Waals surface area contributed by atoms with Crippen LogP contribution in [-0.2, 0) is 6.42 Å². The van der Waals surface area contributed by atoms with E-state index < -0.39 is 0 Å². The molecule has 0 aromatic carbocycles. The molecule has 1 atom stereocenters. The van der Waals surface area contributed by atoms with E-state index in [1.54, 1.807) is 11.3 Å². The normalized spacial score (nSPS) is 18.9. The molecule has 0 bridgehead atoms. The lowest BCUT2D eigenvalue weighted by Crippen LogP contribution is -2.18. The van der Waals surface area contributed by atoms with Gasteiger partial charge in [0.1, 0.15) is 0 Å². The first kappa shape index (κ1) is 10.0. The molecule has 1 nitrogen and oxygen atoms in total.